The summed E-state index contributed by atoms with van der Waals surface area (Å²) in [5.41, 5.74) is 1.12. The van der Waals surface area contributed by atoms with Crippen molar-refractivity contribution >= 4 is 11.6 Å². The predicted molar refractivity (Wildman–Crippen MR) is 60.9 cm³/mol. The fraction of sp³-hybridized carbons (Fsp3) is 0.583. The first-order valence-corrected chi connectivity index (χ1v) is 6.05. The van der Waals surface area contributed by atoms with Crippen LogP contribution in [0.15, 0.2) is 12.3 Å². The van der Waals surface area contributed by atoms with E-state index in [1.807, 2.05) is 0 Å². The number of hydrogen-bond acceptors (Lipinski definition) is 2. The van der Waals surface area contributed by atoms with E-state index in [1.54, 1.807) is 0 Å². The standard InChI is InChI=1S/C12H14ClFN2/c13-9-2-10(14)11(16-5-9)1-8-3-12(4-8)6-15-7-12/h2,5,8,15H,1,3-4,6-7H2. The first-order valence-electron chi connectivity index (χ1n) is 5.68. The van der Waals surface area contributed by atoms with Crippen LogP contribution in [0.25, 0.3) is 0 Å². The molecule has 0 atom stereocenters. The van der Waals surface area contributed by atoms with Crippen molar-refractivity contribution < 1.29 is 4.39 Å². The average Bonchev–Trinajstić information content (AvgIpc) is 2.10. The van der Waals surface area contributed by atoms with Gasteiger partial charge in [-0.15, -0.1) is 0 Å². The van der Waals surface area contributed by atoms with Gasteiger partial charge in [-0.25, -0.2) is 4.39 Å². The molecule has 2 fully saturated rings. The van der Waals surface area contributed by atoms with Crippen molar-refractivity contribution in [1.82, 2.24) is 10.3 Å². The summed E-state index contributed by atoms with van der Waals surface area (Å²) in [6.45, 7) is 2.28. The predicted octanol–water partition coefficient (Wildman–Crippen LogP) is 2.42. The van der Waals surface area contributed by atoms with Gasteiger partial charge < -0.3 is 5.32 Å². The van der Waals surface area contributed by atoms with Crippen molar-refractivity contribution in [2.75, 3.05) is 13.1 Å². The van der Waals surface area contributed by atoms with Gasteiger partial charge in [-0.1, -0.05) is 11.6 Å². The number of halogens is 2. The molecule has 86 valence electrons. The van der Waals surface area contributed by atoms with Gasteiger partial charge >= 0.3 is 0 Å². The Morgan fingerprint density at radius 1 is 1.50 bits per heavy atom. The Kier molecular flexibility index (Phi) is 2.41. The van der Waals surface area contributed by atoms with Crippen molar-refractivity contribution in [3.05, 3.63) is 28.8 Å². The van der Waals surface area contributed by atoms with Gasteiger partial charge in [-0.2, -0.15) is 0 Å². The molecule has 1 N–H and O–H groups in total. The van der Waals surface area contributed by atoms with Gasteiger partial charge in [0.2, 0.25) is 0 Å². The van der Waals surface area contributed by atoms with Crippen LogP contribution in [0.1, 0.15) is 18.5 Å². The highest BCUT2D eigenvalue weighted by Gasteiger charge is 2.48. The molecular formula is C12H14ClFN2. The van der Waals surface area contributed by atoms with Crippen LogP contribution < -0.4 is 5.32 Å². The molecule has 1 saturated heterocycles. The van der Waals surface area contributed by atoms with E-state index in [0.717, 1.165) is 19.5 Å². The Hall–Kier alpha value is -0.670. The normalized spacial score (nSPS) is 22.9. The van der Waals surface area contributed by atoms with Crippen molar-refractivity contribution in [2.24, 2.45) is 11.3 Å². The largest absolute Gasteiger partial charge is 0.316 e. The minimum atomic E-state index is -0.264. The molecule has 1 saturated carbocycles. The summed E-state index contributed by atoms with van der Waals surface area (Å²) in [5.74, 6) is 0.338. The first-order chi connectivity index (χ1) is 7.67. The maximum atomic E-state index is 13.5. The second kappa shape index (κ2) is 3.67. The molecule has 0 radical (unpaired) electrons. The molecule has 1 spiro atoms. The molecule has 1 aromatic heterocycles. The van der Waals surface area contributed by atoms with Crippen molar-refractivity contribution in [3.8, 4) is 0 Å². The van der Waals surface area contributed by atoms with E-state index < -0.39 is 0 Å². The van der Waals surface area contributed by atoms with Gasteiger partial charge in [0.1, 0.15) is 5.82 Å². The number of rotatable bonds is 2. The Bertz CT molecular complexity index is 409. The zero-order valence-corrected chi connectivity index (χ0v) is 9.73. The van der Waals surface area contributed by atoms with Crippen LogP contribution in [-0.4, -0.2) is 18.1 Å². The Morgan fingerprint density at radius 3 is 2.81 bits per heavy atom. The number of nitrogens with zero attached hydrogens (tertiary/aromatic N) is 1. The van der Waals surface area contributed by atoms with E-state index in [4.69, 9.17) is 11.6 Å². The lowest BCUT2D eigenvalue weighted by atomic mass is 9.57. The van der Waals surface area contributed by atoms with Gasteiger partial charge in [-0.05, 0) is 36.7 Å². The summed E-state index contributed by atoms with van der Waals surface area (Å²) in [7, 11) is 0. The van der Waals surface area contributed by atoms with E-state index in [1.165, 1.54) is 25.1 Å². The van der Waals surface area contributed by atoms with Gasteiger partial charge in [0.05, 0.1) is 10.7 Å². The van der Waals surface area contributed by atoms with E-state index in [9.17, 15) is 4.39 Å². The molecule has 0 unspecified atom stereocenters. The first kappa shape index (κ1) is 10.5. The third kappa shape index (κ3) is 1.72. The maximum absolute atomic E-state index is 13.5. The van der Waals surface area contributed by atoms with Crippen LogP contribution in [0.5, 0.6) is 0 Å². The van der Waals surface area contributed by atoms with E-state index in [-0.39, 0.29) is 5.82 Å². The molecule has 1 aliphatic heterocycles. The second-order valence-corrected chi connectivity index (χ2v) is 5.60. The van der Waals surface area contributed by atoms with Gasteiger partial charge in [0.15, 0.2) is 0 Å². The number of aromatic nitrogens is 1. The highest BCUT2D eigenvalue weighted by Crippen LogP contribution is 2.49. The monoisotopic (exact) mass is 240 g/mol. The minimum absolute atomic E-state index is 0.264. The zero-order chi connectivity index (χ0) is 11.2. The maximum Gasteiger partial charge on any atom is 0.146 e. The Labute approximate surface area is 99.2 Å². The third-order valence-electron chi connectivity index (χ3n) is 3.81. The molecule has 2 aliphatic rings. The van der Waals surface area contributed by atoms with Crippen LogP contribution >= 0.6 is 11.6 Å². The lowest BCUT2D eigenvalue weighted by molar-refractivity contribution is 0.000125. The van der Waals surface area contributed by atoms with Crippen molar-refractivity contribution in [1.29, 1.82) is 0 Å². The summed E-state index contributed by atoms with van der Waals surface area (Å²) in [6, 6.07) is 1.35. The topological polar surface area (TPSA) is 24.9 Å². The van der Waals surface area contributed by atoms with E-state index in [0.29, 0.717) is 22.0 Å². The molecular weight excluding hydrogens is 227 g/mol. The van der Waals surface area contributed by atoms with Crippen LogP contribution in [0.2, 0.25) is 5.02 Å². The molecule has 16 heavy (non-hydrogen) atoms. The number of pyridine rings is 1. The van der Waals surface area contributed by atoms with Crippen LogP contribution in [0.4, 0.5) is 4.39 Å². The van der Waals surface area contributed by atoms with Crippen LogP contribution in [-0.2, 0) is 6.42 Å². The summed E-state index contributed by atoms with van der Waals surface area (Å²) in [6.07, 6.45) is 4.71. The molecule has 0 bridgehead atoms. The fourth-order valence-electron chi connectivity index (χ4n) is 2.94. The van der Waals surface area contributed by atoms with Gasteiger partial charge in [0, 0.05) is 19.3 Å². The van der Waals surface area contributed by atoms with Gasteiger partial charge in [0.25, 0.3) is 0 Å². The Morgan fingerprint density at radius 2 is 2.25 bits per heavy atom. The summed E-state index contributed by atoms with van der Waals surface area (Å²) >= 11 is 5.67. The van der Waals surface area contributed by atoms with Crippen molar-refractivity contribution in [2.45, 2.75) is 19.3 Å². The average molecular weight is 241 g/mol. The molecule has 4 heteroatoms. The van der Waals surface area contributed by atoms with Crippen LogP contribution in [0.3, 0.4) is 0 Å². The highest BCUT2D eigenvalue weighted by molar-refractivity contribution is 6.30. The fourth-order valence-corrected chi connectivity index (χ4v) is 3.09. The zero-order valence-electron chi connectivity index (χ0n) is 8.97. The molecule has 1 aromatic rings. The minimum Gasteiger partial charge on any atom is -0.316 e. The smallest absolute Gasteiger partial charge is 0.146 e. The molecule has 0 amide bonds. The molecule has 2 nitrogen and oxygen atoms in total. The third-order valence-corrected chi connectivity index (χ3v) is 4.02. The number of nitrogens with one attached hydrogen (secondary N) is 1. The van der Waals surface area contributed by atoms with Crippen LogP contribution in [0, 0.1) is 17.2 Å². The summed E-state index contributed by atoms with van der Waals surface area (Å²) in [5, 5.41) is 3.67. The second-order valence-electron chi connectivity index (χ2n) is 5.16. The summed E-state index contributed by atoms with van der Waals surface area (Å²) < 4.78 is 13.5. The van der Waals surface area contributed by atoms with E-state index >= 15 is 0 Å². The number of hydrogen-bond donors (Lipinski definition) is 1. The van der Waals surface area contributed by atoms with Gasteiger partial charge in [-0.3, -0.25) is 4.98 Å². The Balaban J connectivity index is 1.62. The van der Waals surface area contributed by atoms with Crippen molar-refractivity contribution in [3.63, 3.8) is 0 Å². The lowest BCUT2D eigenvalue weighted by Crippen LogP contribution is -2.60. The summed E-state index contributed by atoms with van der Waals surface area (Å²) in [4.78, 5) is 4.07. The molecule has 3 rings (SSSR count). The molecule has 1 aliphatic carbocycles. The molecule has 2 heterocycles. The molecule has 0 aromatic carbocycles. The van der Waals surface area contributed by atoms with E-state index in [2.05, 4.69) is 10.3 Å². The lowest BCUT2D eigenvalue weighted by Gasteiger charge is -2.54. The SMILES string of the molecule is Fc1cc(Cl)cnc1CC1CC2(CNC2)C1. The highest BCUT2D eigenvalue weighted by atomic mass is 35.5. The quantitative estimate of drug-likeness (QED) is 0.859.